The fraction of sp³-hybridized carbons (Fsp3) is 0.0833. The molecule has 5 nitrogen and oxygen atoms in total. The quantitative estimate of drug-likeness (QED) is 0.556. The maximum Gasteiger partial charge on any atom is 0.471 e. The number of amides is 2. The normalized spacial score (nSPS) is 14.4. The average molecular weight is 437 g/mol. The lowest BCUT2D eigenvalue weighted by molar-refractivity contribution is -0.170. The van der Waals surface area contributed by atoms with Gasteiger partial charge in [-0.3, -0.25) is 9.59 Å². The molecule has 32 heavy (non-hydrogen) atoms. The van der Waals surface area contributed by atoms with Crippen LogP contribution >= 0.6 is 0 Å². The number of hydrogen-bond acceptors (Lipinski definition) is 3. The fourth-order valence-corrected chi connectivity index (χ4v) is 3.49. The molecule has 0 bridgehead atoms. The molecule has 1 aliphatic heterocycles. The van der Waals surface area contributed by atoms with Crippen LogP contribution in [0.3, 0.4) is 0 Å². The van der Waals surface area contributed by atoms with Gasteiger partial charge in [0, 0.05) is 29.7 Å². The molecule has 3 aromatic rings. The number of carbonyl (C=O) groups excluding carboxylic acids is 2. The maximum atomic E-state index is 12.8. The topological polar surface area (TPSA) is 61.4 Å². The highest BCUT2D eigenvalue weighted by atomic mass is 19.4. The number of halogens is 3. The third-order valence-corrected chi connectivity index (χ3v) is 5.03. The van der Waals surface area contributed by atoms with Gasteiger partial charge in [-0.2, -0.15) is 13.2 Å². The van der Waals surface area contributed by atoms with Gasteiger partial charge in [0.25, 0.3) is 5.91 Å². The standard InChI is InChI=1S/C24H18F3N3O2/c1-30(23(32)24(25,26)27)17-11-7-10-16(14-17)28-21(15-8-3-2-4-9-15)20-18-12-5-6-13-19(18)29-22(20)31/h2-14,28H,1H3,(H,29,31)/b21-20-. The molecule has 0 aromatic heterocycles. The number of rotatable bonds is 4. The zero-order chi connectivity index (χ0) is 22.9. The number of alkyl halides is 3. The molecule has 8 heteroatoms. The van der Waals surface area contributed by atoms with E-state index in [1.165, 1.54) is 18.2 Å². The van der Waals surface area contributed by atoms with Crippen molar-refractivity contribution in [3.63, 3.8) is 0 Å². The van der Waals surface area contributed by atoms with Gasteiger partial charge in [0.05, 0.1) is 11.3 Å². The second-order valence-corrected chi connectivity index (χ2v) is 7.15. The van der Waals surface area contributed by atoms with Gasteiger partial charge in [-0.25, -0.2) is 0 Å². The molecule has 0 spiro atoms. The SMILES string of the molecule is CN(C(=O)C(F)(F)F)c1cccc(N/C(=C2\C(=O)Nc3ccccc32)c2ccccc2)c1. The summed E-state index contributed by atoms with van der Waals surface area (Å²) in [6.45, 7) is 0. The summed E-state index contributed by atoms with van der Waals surface area (Å²) >= 11 is 0. The van der Waals surface area contributed by atoms with E-state index in [-0.39, 0.29) is 11.6 Å². The predicted octanol–water partition coefficient (Wildman–Crippen LogP) is 5.14. The molecule has 0 fully saturated rings. The Balaban J connectivity index is 1.78. The van der Waals surface area contributed by atoms with Crippen molar-refractivity contribution < 1.29 is 22.8 Å². The first-order valence-electron chi connectivity index (χ1n) is 9.68. The summed E-state index contributed by atoms with van der Waals surface area (Å²) in [5.41, 5.74) is 3.50. The molecule has 2 amide bonds. The number of hydrogen-bond donors (Lipinski definition) is 2. The van der Waals surface area contributed by atoms with Crippen LogP contribution in [-0.2, 0) is 9.59 Å². The lowest BCUT2D eigenvalue weighted by atomic mass is 10.00. The minimum absolute atomic E-state index is 0.0611. The molecule has 0 saturated heterocycles. The highest BCUT2D eigenvalue weighted by Gasteiger charge is 2.41. The van der Waals surface area contributed by atoms with Crippen LogP contribution in [0.5, 0.6) is 0 Å². The molecule has 3 aromatic carbocycles. The molecule has 0 radical (unpaired) electrons. The Morgan fingerprint density at radius 2 is 1.62 bits per heavy atom. The van der Waals surface area contributed by atoms with Gasteiger partial charge >= 0.3 is 12.1 Å². The van der Waals surface area contributed by atoms with Crippen LogP contribution in [0.1, 0.15) is 11.1 Å². The molecule has 1 heterocycles. The first-order chi connectivity index (χ1) is 15.3. The number of para-hydroxylation sites is 1. The predicted molar refractivity (Wildman–Crippen MR) is 118 cm³/mol. The summed E-state index contributed by atoms with van der Waals surface area (Å²) in [5, 5.41) is 6.01. The molecule has 4 rings (SSSR count). The minimum atomic E-state index is -4.99. The highest BCUT2D eigenvalue weighted by molar-refractivity contribution is 6.37. The maximum absolute atomic E-state index is 12.8. The van der Waals surface area contributed by atoms with Gasteiger partial charge in [0.2, 0.25) is 0 Å². The molecule has 162 valence electrons. The number of fused-ring (bicyclic) bond motifs is 1. The Labute approximate surface area is 182 Å². The van der Waals surface area contributed by atoms with Crippen molar-refractivity contribution in [2.75, 3.05) is 22.6 Å². The summed E-state index contributed by atoms with van der Waals surface area (Å²) < 4.78 is 38.5. The second kappa shape index (κ2) is 8.22. The Morgan fingerprint density at radius 1 is 0.938 bits per heavy atom. The number of anilines is 3. The lowest BCUT2D eigenvalue weighted by Gasteiger charge is -2.20. The summed E-state index contributed by atoms with van der Waals surface area (Å²) in [6, 6.07) is 22.4. The van der Waals surface area contributed by atoms with Crippen LogP contribution in [0.15, 0.2) is 78.9 Å². The Hall–Kier alpha value is -4.07. The molecule has 2 N–H and O–H groups in total. The smallest absolute Gasteiger partial charge is 0.354 e. The van der Waals surface area contributed by atoms with Gasteiger partial charge in [-0.15, -0.1) is 0 Å². The number of nitrogens with zero attached hydrogens (tertiary/aromatic N) is 1. The van der Waals surface area contributed by atoms with Crippen LogP contribution in [0.25, 0.3) is 11.3 Å². The van der Waals surface area contributed by atoms with E-state index in [0.717, 1.165) is 12.6 Å². The van der Waals surface area contributed by atoms with Crippen molar-refractivity contribution in [2.24, 2.45) is 0 Å². The van der Waals surface area contributed by atoms with Crippen molar-refractivity contribution in [3.05, 3.63) is 90.0 Å². The van der Waals surface area contributed by atoms with Gasteiger partial charge in [-0.1, -0.05) is 54.6 Å². The second-order valence-electron chi connectivity index (χ2n) is 7.15. The van der Waals surface area contributed by atoms with E-state index in [9.17, 15) is 22.8 Å². The van der Waals surface area contributed by atoms with Crippen molar-refractivity contribution in [1.29, 1.82) is 0 Å². The fourth-order valence-electron chi connectivity index (χ4n) is 3.49. The Kier molecular flexibility index (Phi) is 5.44. The Morgan fingerprint density at radius 3 is 2.34 bits per heavy atom. The molecular weight excluding hydrogens is 419 g/mol. The third kappa shape index (κ3) is 4.07. The van der Waals surface area contributed by atoms with Crippen molar-refractivity contribution >= 4 is 40.1 Å². The van der Waals surface area contributed by atoms with Crippen molar-refractivity contribution in [2.45, 2.75) is 6.18 Å². The molecular formula is C24H18F3N3O2. The van der Waals surface area contributed by atoms with Crippen LogP contribution in [0.2, 0.25) is 0 Å². The zero-order valence-electron chi connectivity index (χ0n) is 16.9. The molecule has 0 unspecified atom stereocenters. The van der Waals surface area contributed by atoms with Crippen LogP contribution in [0.4, 0.5) is 30.2 Å². The van der Waals surface area contributed by atoms with Gasteiger partial charge in [0.15, 0.2) is 0 Å². The van der Waals surface area contributed by atoms with Gasteiger partial charge in [0.1, 0.15) is 0 Å². The molecule has 0 atom stereocenters. The minimum Gasteiger partial charge on any atom is -0.354 e. The van der Waals surface area contributed by atoms with E-state index in [1.54, 1.807) is 12.1 Å². The van der Waals surface area contributed by atoms with E-state index in [1.807, 2.05) is 48.5 Å². The first kappa shape index (κ1) is 21.2. The van der Waals surface area contributed by atoms with Crippen LogP contribution in [-0.4, -0.2) is 25.0 Å². The summed E-state index contributed by atoms with van der Waals surface area (Å²) in [7, 11) is 1.06. The highest BCUT2D eigenvalue weighted by Crippen LogP contribution is 2.37. The van der Waals surface area contributed by atoms with E-state index in [0.29, 0.717) is 33.1 Å². The summed E-state index contributed by atoms with van der Waals surface area (Å²) in [5.74, 6) is -2.27. The first-order valence-corrected chi connectivity index (χ1v) is 9.68. The summed E-state index contributed by atoms with van der Waals surface area (Å²) in [4.78, 5) is 25.0. The van der Waals surface area contributed by atoms with Gasteiger partial charge in [-0.05, 0) is 29.8 Å². The van der Waals surface area contributed by atoms with Gasteiger partial charge < -0.3 is 15.5 Å². The number of nitrogens with one attached hydrogen (secondary N) is 2. The number of carbonyl (C=O) groups is 2. The van der Waals surface area contributed by atoms with E-state index >= 15 is 0 Å². The molecule has 0 saturated carbocycles. The Bertz CT molecular complexity index is 1220. The number of benzene rings is 3. The lowest BCUT2D eigenvalue weighted by Crippen LogP contribution is -2.38. The van der Waals surface area contributed by atoms with Crippen molar-refractivity contribution in [1.82, 2.24) is 0 Å². The third-order valence-electron chi connectivity index (χ3n) is 5.03. The summed E-state index contributed by atoms with van der Waals surface area (Å²) in [6.07, 6.45) is -4.99. The molecule has 0 aliphatic carbocycles. The zero-order valence-corrected chi connectivity index (χ0v) is 16.9. The van der Waals surface area contributed by atoms with E-state index in [4.69, 9.17) is 0 Å². The van der Waals surface area contributed by atoms with E-state index < -0.39 is 12.1 Å². The monoisotopic (exact) mass is 437 g/mol. The average Bonchev–Trinajstić information content (AvgIpc) is 3.12. The van der Waals surface area contributed by atoms with Crippen LogP contribution < -0.4 is 15.5 Å². The van der Waals surface area contributed by atoms with Crippen LogP contribution in [0, 0.1) is 0 Å². The van der Waals surface area contributed by atoms with E-state index in [2.05, 4.69) is 10.6 Å². The largest absolute Gasteiger partial charge is 0.471 e. The van der Waals surface area contributed by atoms with Crippen molar-refractivity contribution in [3.8, 4) is 0 Å². The molecule has 1 aliphatic rings.